The fourth-order valence-electron chi connectivity index (χ4n) is 2.30. The molecule has 1 nitrogen and oxygen atoms in total. The standard InChI is InChI=1S/C14H19BrOS/c1-16-14-8-7-12(15)9-11(14)10-17-13-5-3-2-4-6-13/h7-9,13H,2-6,10H2,1H3. The first-order chi connectivity index (χ1) is 8.29. The quantitative estimate of drug-likeness (QED) is 0.771. The van der Waals surface area contributed by atoms with Crippen LogP contribution < -0.4 is 4.74 Å². The molecule has 17 heavy (non-hydrogen) atoms. The van der Waals surface area contributed by atoms with E-state index >= 15 is 0 Å². The zero-order valence-corrected chi connectivity index (χ0v) is 12.6. The van der Waals surface area contributed by atoms with E-state index in [0.717, 1.165) is 21.2 Å². The molecule has 0 unspecified atom stereocenters. The Labute approximate surface area is 116 Å². The molecule has 1 aliphatic rings. The van der Waals surface area contributed by atoms with Crippen molar-refractivity contribution >= 4 is 27.7 Å². The molecule has 0 radical (unpaired) electrons. The molecule has 1 aliphatic carbocycles. The van der Waals surface area contributed by atoms with Gasteiger partial charge in [0, 0.05) is 21.0 Å². The number of halogens is 1. The van der Waals surface area contributed by atoms with Gasteiger partial charge in [-0.3, -0.25) is 0 Å². The Morgan fingerprint density at radius 2 is 2.06 bits per heavy atom. The van der Waals surface area contributed by atoms with Crippen LogP contribution in [-0.4, -0.2) is 12.4 Å². The maximum atomic E-state index is 5.41. The van der Waals surface area contributed by atoms with Crippen LogP contribution in [0.1, 0.15) is 37.7 Å². The number of thioether (sulfide) groups is 1. The van der Waals surface area contributed by atoms with Gasteiger partial charge < -0.3 is 4.74 Å². The normalized spacial score (nSPS) is 17.1. The lowest BCUT2D eigenvalue weighted by atomic mass is 10.0. The number of rotatable bonds is 4. The molecule has 0 heterocycles. The first kappa shape index (κ1) is 13.3. The molecular weight excluding hydrogens is 296 g/mol. The zero-order chi connectivity index (χ0) is 12.1. The van der Waals surface area contributed by atoms with Gasteiger partial charge in [-0.25, -0.2) is 0 Å². The van der Waals surface area contributed by atoms with Crippen LogP contribution >= 0.6 is 27.7 Å². The van der Waals surface area contributed by atoms with E-state index in [9.17, 15) is 0 Å². The Kier molecular flexibility index (Phi) is 5.23. The number of hydrogen-bond donors (Lipinski definition) is 0. The van der Waals surface area contributed by atoms with Crippen LogP contribution in [0.15, 0.2) is 22.7 Å². The minimum atomic E-state index is 0.854. The van der Waals surface area contributed by atoms with Gasteiger partial charge in [0.1, 0.15) is 5.75 Å². The SMILES string of the molecule is COc1ccc(Br)cc1CSC1CCCCC1. The van der Waals surface area contributed by atoms with Crippen LogP contribution in [0.25, 0.3) is 0 Å². The van der Waals surface area contributed by atoms with E-state index in [-0.39, 0.29) is 0 Å². The van der Waals surface area contributed by atoms with Crippen molar-refractivity contribution in [3.63, 3.8) is 0 Å². The summed E-state index contributed by atoms with van der Waals surface area (Å²) in [5.74, 6) is 2.07. The number of benzene rings is 1. The maximum Gasteiger partial charge on any atom is 0.122 e. The summed E-state index contributed by atoms with van der Waals surface area (Å²) in [6.07, 6.45) is 7.03. The Bertz CT molecular complexity index is 361. The van der Waals surface area contributed by atoms with Crippen molar-refractivity contribution in [2.75, 3.05) is 7.11 Å². The second-order valence-electron chi connectivity index (χ2n) is 4.53. The van der Waals surface area contributed by atoms with Crippen molar-refractivity contribution in [1.29, 1.82) is 0 Å². The van der Waals surface area contributed by atoms with Gasteiger partial charge in [-0.2, -0.15) is 11.8 Å². The van der Waals surface area contributed by atoms with E-state index in [1.807, 2.05) is 12.1 Å². The van der Waals surface area contributed by atoms with Crippen molar-refractivity contribution < 1.29 is 4.74 Å². The van der Waals surface area contributed by atoms with Crippen LogP contribution in [0.4, 0.5) is 0 Å². The molecule has 0 spiro atoms. The Morgan fingerprint density at radius 1 is 1.29 bits per heavy atom. The summed E-state index contributed by atoms with van der Waals surface area (Å²) in [5, 5.41) is 0.854. The predicted molar refractivity (Wildman–Crippen MR) is 78.9 cm³/mol. The fourth-order valence-corrected chi connectivity index (χ4v) is 4.02. The van der Waals surface area contributed by atoms with E-state index in [2.05, 4.69) is 33.8 Å². The maximum absolute atomic E-state index is 5.41. The van der Waals surface area contributed by atoms with Crippen molar-refractivity contribution in [2.45, 2.75) is 43.1 Å². The van der Waals surface area contributed by atoms with Crippen molar-refractivity contribution in [1.82, 2.24) is 0 Å². The van der Waals surface area contributed by atoms with Crippen LogP contribution in [0.2, 0.25) is 0 Å². The molecule has 2 rings (SSSR count). The summed E-state index contributed by atoms with van der Waals surface area (Å²) < 4.78 is 6.54. The Balaban J connectivity index is 1.95. The van der Waals surface area contributed by atoms with Gasteiger partial charge >= 0.3 is 0 Å². The van der Waals surface area contributed by atoms with Gasteiger partial charge in [0.15, 0.2) is 0 Å². The molecule has 0 atom stereocenters. The summed E-state index contributed by atoms with van der Waals surface area (Å²) in [6.45, 7) is 0. The fraction of sp³-hybridized carbons (Fsp3) is 0.571. The van der Waals surface area contributed by atoms with Crippen molar-refractivity contribution in [3.05, 3.63) is 28.2 Å². The highest BCUT2D eigenvalue weighted by Gasteiger charge is 2.14. The lowest BCUT2D eigenvalue weighted by molar-refractivity contribution is 0.411. The lowest BCUT2D eigenvalue weighted by Gasteiger charge is -2.21. The topological polar surface area (TPSA) is 9.23 Å². The Hall–Kier alpha value is -0.150. The van der Waals surface area contributed by atoms with E-state index in [4.69, 9.17) is 4.74 Å². The van der Waals surface area contributed by atoms with E-state index < -0.39 is 0 Å². The minimum absolute atomic E-state index is 0.854. The third kappa shape index (κ3) is 3.92. The molecule has 0 N–H and O–H groups in total. The van der Waals surface area contributed by atoms with Crippen molar-refractivity contribution in [3.8, 4) is 5.75 Å². The van der Waals surface area contributed by atoms with Gasteiger partial charge in [-0.1, -0.05) is 35.2 Å². The van der Waals surface area contributed by atoms with Gasteiger partial charge in [0.25, 0.3) is 0 Å². The minimum Gasteiger partial charge on any atom is -0.496 e. The molecule has 3 heteroatoms. The third-order valence-electron chi connectivity index (χ3n) is 3.27. The van der Waals surface area contributed by atoms with Gasteiger partial charge in [-0.05, 0) is 31.0 Å². The molecule has 0 saturated heterocycles. The van der Waals surface area contributed by atoms with Crippen LogP contribution in [0.3, 0.4) is 0 Å². The average molecular weight is 315 g/mol. The summed E-state index contributed by atoms with van der Waals surface area (Å²) in [5.41, 5.74) is 1.30. The van der Waals surface area contributed by atoms with Gasteiger partial charge in [0.05, 0.1) is 7.11 Å². The number of hydrogen-bond acceptors (Lipinski definition) is 2. The highest BCUT2D eigenvalue weighted by atomic mass is 79.9. The molecule has 0 bridgehead atoms. The second-order valence-corrected chi connectivity index (χ2v) is 6.73. The van der Waals surface area contributed by atoms with E-state index in [0.29, 0.717) is 0 Å². The van der Waals surface area contributed by atoms with Gasteiger partial charge in [0.2, 0.25) is 0 Å². The summed E-state index contributed by atoms with van der Waals surface area (Å²) in [4.78, 5) is 0. The molecule has 1 aromatic carbocycles. The van der Waals surface area contributed by atoms with Crippen LogP contribution in [-0.2, 0) is 5.75 Å². The largest absolute Gasteiger partial charge is 0.496 e. The molecule has 1 saturated carbocycles. The molecule has 0 aromatic heterocycles. The average Bonchev–Trinajstić information content (AvgIpc) is 2.38. The third-order valence-corrected chi connectivity index (χ3v) is 5.18. The second kappa shape index (κ2) is 6.69. The molecule has 1 fully saturated rings. The van der Waals surface area contributed by atoms with Crippen LogP contribution in [0.5, 0.6) is 5.75 Å². The molecule has 0 aliphatic heterocycles. The first-order valence-corrected chi connectivity index (χ1v) is 8.08. The van der Waals surface area contributed by atoms with E-state index in [1.54, 1.807) is 7.11 Å². The summed E-state index contributed by atoms with van der Waals surface area (Å²) >= 11 is 5.61. The molecule has 94 valence electrons. The van der Waals surface area contributed by atoms with Gasteiger partial charge in [-0.15, -0.1) is 0 Å². The van der Waals surface area contributed by atoms with Crippen molar-refractivity contribution in [2.24, 2.45) is 0 Å². The predicted octanol–water partition coefficient (Wildman–Crippen LogP) is 5.02. The smallest absolute Gasteiger partial charge is 0.122 e. The summed E-state index contributed by atoms with van der Waals surface area (Å²) in [6, 6.07) is 6.25. The molecule has 0 amide bonds. The monoisotopic (exact) mass is 314 g/mol. The molecular formula is C14H19BrOS. The summed E-state index contributed by atoms with van der Waals surface area (Å²) in [7, 11) is 1.75. The zero-order valence-electron chi connectivity index (χ0n) is 10.2. The highest BCUT2D eigenvalue weighted by Crippen LogP contribution is 2.33. The Morgan fingerprint density at radius 3 is 2.76 bits per heavy atom. The first-order valence-electron chi connectivity index (χ1n) is 6.23. The molecule has 1 aromatic rings. The lowest BCUT2D eigenvalue weighted by Crippen LogP contribution is -2.08. The van der Waals surface area contributed by atoms with Crippen LogP contribution in [0, 0.1) is 0 Å². The van der Waals surface area contributed by atoms with E-state index in [1.165, 1.54) is 37.7 Å². The highest BCUT2D eigenvalue weighted by molar-refractivity contribution is 9.10. The number of methoxy groups -OCH3 is 1. The number of ether oxygens (including phenoxy) is 1.